The number of piperidine rings is 1. The van der Waals surface area contributed by atoms with E-state index in [4.69, 9.17) is 24.8 Å². The van der Waals surface area contributed by atoms with Crippen LogP contribution in [-0.2, 0) is 16.6 Å². The average molecular weight is 575 g/mol. The van der Waals surface area contributed by atoms with Crippen molar-refractivity contribution in [1.29, 1.82) is 0 Å². The van der Waals surface area contributed by atoms with E-state index in [-0.39, 0.29) is 0 Å². The molecule has 0 spiro atoms. The maximum absolute atomic E-state index is 10.6. The Balaban J connectivity index is 0.000000263. The first-order valence-corrected chi connectivity index (χ1v) is 12.4. The van der Waals surface area contributed by atoms with Gasteiger partial charge in [-0.2, -0.15) is 26.3 Å². The zero-order valence-electron chi connectivity index (χ0n) is 21.4. The predicted molar refractivity (Wildman–Crippen MR) is 132 cm³/mol. The lowest BCUT2D eigenvalue weighted by Gasteiger charge is -2.31. The number of rotatable bonds is 4. The van der Waals surface area contributed by atoms with Gasteiger partial charge in [0.2, 0.25) is 0 Å². The van der Waals surface area contributed by atoms with Gasteiger partial charge in [-0.25, -0.2) is 14.6 Å². The summed E-state index contributed by atoms with van der Waals surface area (Å²) in [4.78, 5) is 30.2. The number of hydrogen-bond acceptors (Lipinski definition) is 5. The molecule has 8 nitrogen and oxygen atoms in total. The third-order valence-corrected chi connectivity index (χ3v) is 6.48. The molecule has 3 heterocycles. The van der Waals surface area contributed by atoms with Gasteiger partial charge >= 0.3 is 24.3 Å². The molecule has 3 aromatic rings. The molecule has 1 saturated heterocycles. The number of carbonyl (C=O) groups is 2. The second-order valence-electron chi connectivity index (χ2n) is 9.61. The molecule has 2 N–H and O–H groups in total. The number of carboxylic acids is 2. The molecule has 1 aliphatic carbocycles. The first-order valence-electron chi connectivity index (χ1n) is 12.4. The normalized spacial score (nSPS) is 16.5. The van der Waals surface area contributed by atoms with Gasteiger partial charge in [-0.3, -0.25) is 4.98 Å². The number of alkyl halides is 6. The van der Waals surface area contributed by atoms with E-state index in [0.717, 1.165) is 22.7 Å². The Bertz CT molecular complexity index is 1270. The fraction of sp³-hybridized carbons (Fsp3) is 0.462. The van der Waals surface area contributed by atoms with Gasteiger partial charge in [-0.05, 0) is 50.8 Å². The van der Waals surface area contributed by atoms with E-state index >= 15 is 0 Å². The van der Waals surface area contributed by atoms with E-state index in [1.807, 2.05) is 6.33 Å². The van der Waals surface area contributed by atoms with E-state index in [1.54, 1.807) is 0 Å². The quantitative estimate of drug-likeness (QED) is 0.397. The Hall–Kier alpha value is -3.68. The summed E-state index contributed by atoms with van der Waals surface area (Å²) in [6.07, 6.45) is -2.94. The van der Waals surface area contributed by atoms with Crippen LogP contribution < -0.4 is 0 Å². The third kappa shape index (κ3) is 8.66. The van der Waals surface area contributed by atoms with E-state index < -0.39 is 24.3 Å². The molecule has 5 rings (SSSR count). The molecule has 14 heteroatoms. The number of aryl methyl sites for hydroxylation is 1. The first kappa shape index (κ1) is 30.9. The van der Waals surface area contributed by atoms with Crippen LogP contribution in [0.5, 0.6) is 0 Å². The summed E-state index contributed by atoms with van der Waals surface area (Å²) in [6, 6.07) is 12.8. The lowest BCUT2D eigenvalue weighted by molar-refractivity contribution is -0.193. The minimum Gasteiger partial charge on any atom is -0.475 e. The van der Waals surface area contributed by atoms with E-state index in [2.05, 4.69) is 57.9 Å². The van der Waals surface area contributed by atoms with E-state index in [9.17, 15) is 26.3 Å². The number of nitrogens with zero attached hydrogens (tertiary/aromatic N) is 4. The van der Waals surface area contributed by atoms with Crippen LogP contribution in [0.3, 0.4) is 0 Å². The van der Waals surface area contributed by atoms with Crippen molar-refractivity contribution in [2.24, 2.45) is 13.0 Å². The number of fused-ring (bicyclic) bond motifs is 1. The maximum Gasteiger partial charge on any atom is 0.490 e. The molecule has 40 heavy (non-hydrogen) atoms. The van der Waals surface area contributed by atoms with Crippen LogP contribution in [0, 0.1) is 5.92 Å². The SMILES string of the molecule is Cn1cnc2c(-c3ccccc3)nc(C3CCN(CC4CC4)CC3)cc21.O=C(O)C(F)(F)F.O=C(O)C(F)(F)F. The summed E-state index contributed by atoms with van der Waals surface area (Å²) < 4.78 is 65.6. The molecule has 1 aromatic carbocycles. The fourth-order valence-corrected chi connectivity index (χ4v) is 4.23. The Kier molecular flexibility index (Phi) is 9.77. The zero-order valence-corrected chi connectivity index (χ0v) is 21.4. The molecular weight excluding hydrogens is 546 g/mol. The van der Waals surface area contributed by atoms with Crippen molar-refractivity contribution in [2.45, 2.75) is 44.0 Å². The molecule has 0 amide bonds. The highest BCUT2D eigenvalue weighted by atomic mass is 19.4. The van der Waals surface area contributed by atoms with Gasteiger partial charge in [0.1, 0.15) is 5.52 Å². The molecule has 2 aliphatic rings. The fourth-order valence-electron chi connectivity index (χ4n) is 4.23. The molecular formula is C26H28F6N4O4. The van der Waals surface area contributed by atoms with Gasteiger partial charge in [-0.1, -0.05) is 30.3 Å². The molecule has 2 aromatic heterocycles. The summed E-state index contributed by atoms with van der Waals surface area (Å²) in [5.41, 5.74) is 5.62. The summed E-state index contributed by atoms with van der Waals surface area (Å²) in [7, 11) is 2.08. The van der Waals surface area contributed by atoms with Gasteiger partial charge in [0, 0.05) is 30.8 Å². The Morgan fingerprint density at radius 1 is 0.925 bits per heavy atom. The highest BCUT2D eigenvalue weighted by molar-refractivity contribution is 5.90. The van der Waals surface area contributed by atoms with Gasteiger partial charge in [0.25, 0.3) is 0 Å². The maximum atomic E-state index is 10.6. The number of benzene rings is 1. The molecule has 2 fully saturated rings. The number of imidazole rings is 1. The van der Waals surface area contributed by atoms with Gasteiger partial charge in [0.05, 0.1) is 17.5 Å². The largest absolute Gasteiger partial charge is 0.490 e. The van der Waals surface area contributed by atoms with Crippen molar-refractivity contribution in [2.75, 3.05) is 19.6 Å². The van der Waals surface area contributed by atoms with Crippen molar-refractivity contribution in [3.8, 4) is 11.3 Å². The Morgan fingerprint density at radius 3 is 1.93 bits per heavy atom. The van der Waals surface area contributed by atoms with Crippen LogP contribution in [0.2, 0.25) is 0 Å². The van der Waals surface area contributed by atoms with Crippen LogP contribution >= 0.6 is 0 Å². The summed E-state index contributed by atoms with van der Waals surface area (Å²) in [6.45, 7) is 3.75. The molecule has 218 valence electrons. The van der Waals surface area contributed by atoms with Crippen LogP contribution in [0.15, 0.2) is 42.7 Å². The highest BCUT2D eigenvalue weighted by Gasteiger charge is 2.39. The number of halogens is 6. The monoisotopic (exact) mass is 574 g/mol. The minimum absolute atomic E-state index is 0.562. The molecule has 0 atom stereocenters. The number of aromatic nitrogens is 3. The lowest BCUT2D eigenvalue weighted by Crippen LogP contribution is -2.34. The standard InChI is InChI=1S/C22H26N4.2C2HF3O2/c1-25-15-23-22-20(25)13-19(24-21(22)18-5-3-2-4-6-18)17-9-11-26(12-10-17)14-16-7-8-16;2*3-2(4,5)1(6)7/h2-6,13,15-17H,7-12,14H2,1H3;2*(H,6,7). The van der Waals surface area contributed by atoms with Crippen molar-refractivity contribution < 1.29 is 46.1 Å². The topological polar surface area (TPSA) is 109 Å². The van der Waals surface area contributed by atoms with Crippen LogP contribution in [-0.4, -0.2) is 73.6 Å². The smallest absolute Gasteiger partial charge is 0.475 e. The lowest BCUT2D eigenvalue weighted by atomic mass is 9.92. The zero-order chi connectivity index (χ0) is 29.7. The molecule has 0 bridgehead atoms. The number of likely N-dealkylation sites (tertiary alicyclic amines) is 1. The Morgan fingerprint density at radius 2 is 1.45 bits per heavy atom. The van der Waals surface area contributed by atoms with Crippen molar-refractivity contribution in [3.63, 3.8) is 0 Å². The molecule has 0 unspecified atom stereocenters. The number of pyridine rings is 1. The second-order valence-corrected chi connectivity index (χ2v) is 9.61. The van der Waals surface area contributed by atoms with E-state index in [1.165, 1.54) is 56.5 Å². The number of carboxylic acid groups (broad SMARTS) is 2. The number of aliphatic carboxylic acids is 2. The summed E-state index contributed by atoms with van der Waals surface area (Å²) in [5.74, 6) is -3.97. The third-order valence-electron chi connectivity index (χ3n) is 6.48. The Labute approximate surface area is 225 Å². The van der Waals surface area contributed by atoms with Crippen molar-refractivity contribution in [1.82, 2.24) is 19.4 Å². The van der Waals surface area contributed by atoms with Crippen LogP contribution in [0.1, 0.15) is 37.3 Å². The van der Waals surface area contributed by atoms with Gasteiger partial charge in [0.15, 0.2) is 0 Å². The molecule has 0 radical (unpaired) electrons. The summed E-state index contributed by atoms with van der Waals surface area (Å²) in [5, 5.41) is 14.2. The second kappa shape index (κ2) is 12.7. The van der Waals surface area contributed by atoms with Gasteiger partial charge < -0.3 is 19.7 Å². The van der Waals surface area contributed by atoms with Crippen LogP contribution in [0.25, 0.3) is 22.3 Å². The van der Waals surface area contributed by atoms with Crippen molar-refractivity contribution in [3.05, 3.63) is 48.4 Å². The van der Waals surface area contributed by atoms with E-state index in [0.29, 0.717) is 5.92 Å². The van der Waals surface area contributed by atoms with Crippen molar-refractivity contribution >= 4 is 23.0 Å². The van der Waals surface area contributed by atoms with Gasteiger partial charge in [-0.15, -0.1) is 0 Å². The average Bonchev–Trinajstić information content (AvgIpc) is 3.63. The molecule has 1 saturated carbocycles. The predicted octanol–water partition coefficient (Wildman–Crippen LogP) is 5.49. The highest BCUT2D eigenvalue weighted by Crippen LogP contribution is 2.35. The molecule has 1 aliphatic heterocycles. The summed E-state index contributed by atoms with van der Waals surface area (Å²) >= 11 is 0. The first-order chi connectivity index (χ1) is 18.7. The minimum atomic E-state index is -5.08. The number of hydrogen-bond donors (Lipinski definition) is 2. The van der Waals surface area contributed by atoms with Crippen LogP contribution in [0.4, 0.5) is 26.3 Å².